The molecule has 0 amide bonds. The Morgan fingerprint density at radius 1 is 1.58 bits per heavy atom. The van der Waals surface area contributed by atoms with Crippen molar-refractivity contribution in [3.8, 4) is 0 Å². The average Bonchev–Trinajstić information content (AvgIpc) is 1.98. The van der Waals surface area contributed by atoms with Crippen molar-refractivity contribution in [3.05, 3.63) is 34.3 Å². The van der Waals surface area contributed by atoms with Crippen molar-refractivity contribution in [2.45, 2.75) is 13.3 Å². The number of carbonyl (C=O) groups is 1. The van der Waals surface area contributed by atoms with E-state index in [4.69, 9.17) is 16.7 Å². The molecule has 0 unspecified atom stereocenters. The van der Waals surface area contributed by atoms with Gasteiger partial charge in [-0.1, -0.05) is 29.8 Å². The summed E-state index contributed by atoms with van der Waals surface area (Å²) in [6.07, 6.45) is -0.0134. The molecular formula is C9H9ClO2. The van der Waals surface area contributed by atoms with Crippen LogP contribution in [0.25, 0.3) is 0 Å². The average molecular weight is 185 g/mol. The maximum absolute atomic E-state index is 10.4. The molecule has 1 aromatic rings. The maximum atomic E-state index is 10.4. The molecule has 2 nitrogen and oxygen atoms in total. The van der Waals surface area contributed by atoms with Crippen molar-refractivity contribution in [1.29, 1.82) is 0 Å². The summed E-state index contributed by atoms with van der Waals surface area (Å²) >= 11 is 5.87. The second kappa shape index (κ2) is 3.59. The lowest BCUT2D eigenvalue weighted by atomic mass is 10.1. The highest BCUT2D eigenvalue weighted by Crippen LogP contribution is 2.20. The topological polar surface area (TPSA) is 37.3 Å². The van der Waals surface area contributed by atoms with E-state index >= 15 is 0 Å². The van der Waals surface area contributed by atoms with Crippen molar-refractivity contribution < 1.29 is 9.90 Å². The van der Waals surface area contributed by atoms with Crippen LogP contribution in [0.3, 0.4) is 0 Å². The molecule has 0 aliphatic carbocycles. The number of hydrogen-bond donors (Lipinski definition) is 1. The summed E-state index contributed by atoms with van der Waals surface area (Å²) in [6.45, 7) is 1.85. The van der Waals surface area contributed by atoms with Crippen molar-refractivity contribution in [2.24, 2.45) is 0 Å². The number of carboxylic acid groups (broad SMARTS) is 1. The smallest absolute Gasteiger partial charge is 0.307 e. The van der Waals surface area contributed by atoms with Crippen LogP contribution in [0.1, 0.15) is 11.1 Å². The second-order valence-electron chi connectivity index (χ2n) is 2.62. The molecule has 1 rings (SSSR count). The van der Waals surface area contributed by atoms with Crippen LogP contribution in [0, 0.1) is 6.92 Å². The third-order valence-electron chi connectivity index (χ3n) is 1.61. The van der Waals surface area contributed by atoms with Crippen molar-refractivity contribution in [2.75, 3.05) is 0 Å². The van der Waals surface area contributed by atoms with Crippen LogP contribution in [0.5, 0.6) is 0 Å². The van der Waals surface area contributed by atoms with Crippen LogP contribution in [-0.2, 0) is 11.2 Å². The Morgan fingerprint density at radius 2 is 2.25 bits per heavy atom. The van der Waals surface area contributed by atoms with Crippen LogP contribution in [0.2, 0.25) is 5.02 Å². The first-order valence-corrected chi connectivity index (χ1v) is 3.95. The summed E-state index contributed by atoms with van der Waals surface area (Å²) in [5.41, 5.74) is 1.58. The molecule has 64 valence electrons. The zero-order valence-corrected chi connectivity index (χ0v) is 7.43. The van der Waals surface area contributed by atoms with E-state index in [0.717, 1.165) is 5.56 Å². The molecule has 0 saturated carbocycles. The highest BCUT2D eigenvalue weighted by Gasteiger charge is 2.05. The highest BCUT2D eigenvalue weighted by atomic mass is 35.5. The molecule has 0 saturated heterocycles. The van der Waals surface area contributed by atoms with Gasteiger partial charge in [0.05, 0.1) is 6.42 Å². The molecule has 0 aliphatic rings. The number of rotatable bonds is 2. The van der Waals surface area contributed by atoms with Crippen molar-refractivity contribution in [3.63, 3.8) is 0 Å². The predicted octanol–water partition coefficient (Wildman–Crippen LogP) is 2.28. The van der Waals surface area contributed by atoms with Gasteiger partial charge in [0.1, 0.15) is 0 Å². The molecule has 0 aliphatic heterocycles. The predicted molar refractivity (Wildman–Crippen MR) is 47.5 cm³/mol. The Bertz CT molecular complexity index is 307. The van der Waals surface area contributed by atoms with Gasteiger partial charge in [-0.05, 0) is 18.1 Å². The molecule has 0 spiro atoms. The van der Waals surface area contributed by atoms with Gasteiger partial charge in [-0.3, -0.25) is 4.79 Å². The third kappa shape index (κ3) is 1.98. The van der Waals surface area contributed by atoms with Crippen LogP contribution in [0.15, 0.2) is 18.2 Å². The van der Waals surface area contributed by atoms with Crippen LogP contribution in [-0.4, -0.2) is 11.1 Å². The molecule has 0 bridgehead atoms. The van der Waals surface area contributed by atoms with Crippen molar-refractivity contribution in [1.82, 2.24) is 0 Å². The van der Waals surface area contributed by atoms with Crippen LogP contribution < -0.4 is 0 Å². The summed E-state index contributed by atoms with van der Waals surface area (Å²) in [5, 5.41) is 9.08. The Kier molecular flexibility index (Phi) is 2.71. The minimum atomic E-state index is -0.859. The molecule has 3 heteroatoms. The van der Waals surface area contributed by atoms with Gasteiger partial charge in [0.2, 0.25) is 0 Å². The number of hydrogen-bond acceptors (Lipinski definition) is 1. The number of carboxylic acids is 1. The number of aryl methyl sites for hydroxylation is 1. The molecule has 0 fully saturated rings. The zero-order valence-electron chi connectivity index (χ0n) is 6.67. The van der Waals surface area contributed by atoms with Gasteiger partial charge in [-0.2, -0.15) is 0 Å². The van der Waals surface area contributed by atoms with E-state index < -0.39 is 5.97 Å². The van der Waals surface area contributed by atoms with Gasteiger partial charge >= 0.3 is 5.97 Å². The Labute approximate surface area is 75.8 Å². The van der Waals surface area contributed by atoms with Gasteiger partial charge < -0.3 is 5.11 Å². The minimum absolute atomic E-state index is 0.0134. The first kappa shape index (κ1) is 9.07. The zero-order chi connectivity index (χ0) is 9.14. The lowest BCUT2D eigenvalue weighted by Crippen LogP contribution is -2.00. The van der Waals surface area contributed by atoms with E-state index in [2.05, 4.69) is 0 Å². The fourth-order valence-corrected chi connectivity index (χ4v) is 1.20. The summed E-state index contributed by atoms with van der Waals surface area (Å²) in [4.78, 5) is 10.4. The number of halogens is 1. The maximum Gasteiger partial charge on any atom is 0.307 e. The van der Waals surface area contributed by atoms with Gasteiger partial charge in [0.15, 0.2) is 0 Å². The molecule has 1 N–H and O–H groups in total. The largest absolute Gasteiger partial charge is 0.481 e. The Hall–Kier alpha value is -1.02. The number of aliphatic carboxylic acids is 1. The highest BCUT2D eigenvalue weighted by molar-refractivity contribution is 6.32. The van der Waals surface area contributed by atoms with Crippen LogP contribution >= 0.6 is 11.6 Å². The standard InChI is InChI=1S/C9H9ClO2/c1-6-3-2-4-7(9(6)10)5-8(11)12/h2-4H,5H2,1H3,(H,11,12). The minimum Gasteiger partial charge on any atom is -0.481 e. The van der Waals surface area contributed by atoms with Gasteiger partial charge in [-0.15, -0.1) is 0 Å². The van der Waals surface area contributed by atoms with Gasteiger partial charge in [0.25, 0.3) is 0 Å². The lowest BCUT2D eigenvalue weighted by Gasteiger charge is -2.02. The van der Waals surface area contributed by atoms with E-state index in [-0.39, 0.29) is 6.42 Å². The molecule has 0 atom stereocenters. The molecule has 0 aromatic heterocycles. The Morgan fingerprint density at radius 3 is 2.83 bits per heavy atom. The summed E-state index contributed by atoms with van der Waals surface area (Å²) in [6, 6.07) is 5.39. The van der Waals surface area contributed by atoms with E-state index in [0.29, 0.717) is 10.6 Å². The fraction of sp³-hybridized carbons (Fsp3) is 0.222. The monoisotopic (exact) mass is 184 g/mol. The van der Waals surface area contributed by atoms with Crippen LogP contribution in [0.4, 0.5) is 0 Å². The second-order valence-corrected chi connectivity index (χ2v) is 3.00. The summed E-state index contributed by atoms with van der Waals surface area (Å²) in [5.74, 6) is -0.859. The van der Waals surface area contributed by atoms with Gasteiger partial charge in [-0.25, -0.2) is 0 Å². The number of benzene rings is 1. The lowest BCUT2D eigenvalue weighted by molar-refractivity contribution is -0.136. The normalized spacial score (nSPS) is 9.83. The van der Waals surface area contributed by atoms with E-state index in [1.807, 2.05) is 13.0 Å². The fourth-order valence-electron chi connectivity index (χ4n) is 1.01. The molecule has 12 heavy (non-hydrogen) atoms. The van der Waals surface area contributed by atoms with E-state index in [1.165, 1.54) is 0 Å². The molecular weight excluding hydrogens is 176 g/mol. The van der Waals surface area contributed by atoms with E-state index in [1.54, 1.807) is 12.1 Å². The molecule has 0 heterocycles. The first-order valence-electron chi connectivity index (χ1n) is 3.57. The third-order valence-corrected chi connectivity index (χ3v) is 2.15. The van der Waals surface area contributed by atoms with Gasteiger partial charge in [0, 0.05) is 5.02 Å². The molecule has 1 aromatic carbocycles. The van der Waals surface area contributed by atoms with E-state index in [9.17, 15) is 4.79 Å². The first-order chi connectivity index (χ1) is 5.61. The molecule has 0 radical (unpaired) electrons. The van der Waals surface area contributed by atoms with Crippen molar-refractivity contribution >= 4 is 17.6 Å². The quantitative estimate of drug-likeness (QED) is 0.766. The summed E-state index contributed by atoms with van der Waals surface area (Å²) < 4.78 is 0. The summed E-state index contributed by atoms with van der Waals surface area (Å²) in [7, 11) is 0. The Balaban J connectivity index is 3.00. The SMILES string of the molecule is Cc1cccc(CC(=O)O)c1Cl.